The molecule has 1 aliphatic rings. The normalized spacial score (nSPS) is 15.1. The molecule has 0 spiro atoms. The van der Waals surface area contributed by atoms with Crippen molar-refractivity contribution in [1.82, 2.24) is 0 Å². The van der Waals surface area contributed by atoms with Crippen molar-refractivity contribution in [1.29, 1.82) is 5.26 Å². The Kier molecular flexibility index (Phi) is 5.18. The first-order valence-electron chi connectivity index (χ1n) is 8.27. The Hall–Kier alpha value is -3.33. The number of carbonyl (C=O) groups is 2. The maximum Gasteiger partial charge on any atom is 0.344 e. The highest BCUT2D eigenvalue weighted by atomic mass is 16.6. The molecule has 2 aromatic carbocycles. The molecule has 3 rings (SSSR count). The van der Waals surface area contributed by atoms with Crippen LogP contribution >= 0.6 is 0 Å². The van der Waals surface area contributed by atoms with Crippen LogP contribution in [-0.4, -0.2) is 31.1 Å². The number of hydrogen-bond acceptors (Lipinski definition) is 5. The zero-order valence-electron chi connectivity index (χ0n) is 14.3. The number of benzene rings is 2. The summed E-state index contributed by atoms with van der Waals surface area (Å²) in [4.78, 5) is 25.9. The molecule has 0 bridgehead atoms. The summed E-state index contributed by atoms with van der Waals surface area (Å²) in [6.07, 6.45) is 0.789. The first-order valence-corrected chi connectivity index (χ1v) is 8.27. The van der Waals surface area contributed by atoms with Gasteiger partial charge in [-0.3, -0.25) is 4.79 Å². The molecule has 1 aliphatic heterocycles. The van der Waals surface area contributed by atoms with E-state index in [9.17, 15) is 9.59 Å². The quantitative estimate of drug-likeness (QED) is 0.774. The molecule has 0 aromatic heterocycles. The van der Waals surface area contributed by atoms with Gasteiger partial charge in [-0.25, -0.2) is 4.79 Å². The van der Waals surface area contributed by atoms with E-state index in [0.717, 1.165) is 17.7 Å². The number of ether oxygens (including phenoxy) is 2. The zero-order valence-corrected chi connectivity index (χ0v) is 14.3. The van der Waals surface area contributed by atoms with Crippen molar-refractivity contribution in [2.45, 2.75) is 19.4 Å². The molecule has 2 aromatic rings. The number of anilines is 1. The van der Waals surface area contributed by atoms with Gasteiger partial charge in [-0.05, 0) is 49.2 Å². The van der Waals surface area contributed by atoms with Crippen LogP contribution in [0.25, 0.3) is 0 Å². The zero-order chi connectivity index (χ0) is 18.5. The summed E-state index contributed by atoms with van der Waals surface area (Å²) in [5.74, 6) is -0.425. The molecule has 1 heterocycles. The van der Waals surface area contributed by atoms with E-state index >= 15 is 0 Å². The van der Waals surface area contributed by atoms with E-state index in [1.165, 1.54) is 0 Å². The molecule has 26 heavy (non-hydrogen) atoms. The molecule has 0 saturated carbocycles. The van der Waals surface area contributed by atoms with Crippen molar-refractivity contribution >= 4 is 17.6 Å². The Morgan fingerprint density at radius 1 is 1.15 bits per heavy atom. The number of nitriles is 1. The molecule has 132 valence electrons. The summed E-state index contributed by atoms with van der Waals surface area (Å²) >= 11 is 0. The smallest absolute Gasteiger partial charge is 0.344 e. The van der Waals surface area contributed by atoms with Gasteiger partial charge in [0.2, 0.25) is 0 Å². The van der Waals surface area contributed by atoms with Gasteiger partial charge in [0.15, 0.2) is 13.2 Å². The van der Waals surface area contributed by atoms with Crippen LogP contribution in [0.5, 0.6) is 5.75 Å². The molecule has 1 amide bonds. The monoisotopic (exact) mass is 350 g/mol. The van der Waals surface area contributed by atoms with Gasteiger partial charge in [-0.1, -0.05) is 18.2 Å². The summed E-state index contributed by atoms with van der Waals surface area (Å²) < 4.78 is 10.3. The van der Waals surface area contributed by atoms with Crippen LogP contribution in [0.15, 0.2) is 48.5 Å². The molecule has 6 nitrogen and oxygen atoms in total. The average molecular weight is 350 g/mol. The molecule has 0 saturated heterocycles. The van der Waals surface area contributed by atoms with Crippen molar-refractivity contribution in [2.24, 2.45) is 0 Å². The lowest BCUT2D eigenvalue weighted by atomic mass is 10.1. The number of fused-ring (bicyclic) bond motifs is 1. The lowest BCUT2D eigenvalue weighted by Crippen LogP contribution is -2.39. The fourth-order valence-corrected chi connectivity index (χ4v) is 2.97. The van der Waals surface area contributed by atoms with Crippen molar-refractivity contribution in [3.8, 4) is 11.8 Å². The number of esters is 1. The largest absolute Gasteiger partial charge is 0.482 e. The number of carbonyl (C=O) groups excluding carboxylic acids is 2. The summed E-state index contributed by atoms with van der Waals surface area (Å²) in [5, 5.41) is 8.74. The average Bonchev–Trinajstić information content (AvgIpc) is 3.00. The van der Waals surface area contributed by atoms with E-state index in [-0.39, 0.29) is 25.2 Å². The molecule has 1 atom stereocenters. The number of nitrogens with zero attached hydrogens (tertiary/aromatic N) is 2. The van der Waals surface area contributed by atoms with Gasteiger partial charge in [-0.15, -0.1) is 0 Å². The molecule has 1 unspecified atom stereocenters. The maximum atomic E-state index is 12.4. The minimum Gasteiger partial charge on any atom is -0.482 e. The minimum absolute atomic E-state index is 0.0356. The first kappa shape index (κ1) is 17.5. The summed E-state index contributed by atoms with van der Waals surface area (Å²) in [5.41, 5.74) is 2.49. The SMILES string of the molecule is CC1Cc2ccccc2N1C(=O)COC(=O)COc1ccc(C#N)cc1. The lowest BCUT2D eigenvalue weighted by molar-refractivity contribution is -0.149. The van der Waals surface area contributed by atoms with Crippen molar-refractivity contribution in [2.75, 3.05) is 18.1 Å². The van der Waals surface area contributed by atoms with E-state index < -0.39 is 5.97 Å². The lowest BCUT2D eigenvalue weighted by Gasteiger charge is -2.22. The van der Waals surface area contributed by atoms with Gasteiger partial charge in [0, 0.05) is 11.7 Å². The van der Waals surface area contributed by atoms with Crippen LogP contribution in [0, 0.1) is 11.3 Å². The highest BCUT2D eigenvalue weighted by Gasteiger charge is 2.30. The van der Waals surface area contributed by atoms with Crippen LogP contribution in [0.3, 0.4) is 0 Å². The third kappa shape index (κ3) is 3.83. The van der Waals surface area contributed by atoms with Crippen LogP contribution < -0.4 is 9.64 Å². The number of amides is 1. The van der Waals surface area contributed by atoms with Gasteiger partial charge in [-0.2, -0.15) is 5.26 Å². The fraction of sp³-hybridized carbons (Fsp3) is 0.250. The molecule has 0 radical (unpaired) electrons. The standard InChI is InChI=1S/C20H18N2O4/c1-14-10-16-4-2-3-5-18(16)22(14)19(23)12-26-20(24)13-25-17-8-6-15(11-21)7-9-17/h2-9,14H,10,12-13H2,1H3. The van der Waals surface area contributed by atoms with Gasteiger partial charge < -0.3 is 14.4 Å². The predicted octanol–water partition coefficient (Wildman–Crippen LogP) is 2.46. The first-order chi connectivity index (χ1) is 12.6. The second-order valence-corrected chi connectivity index (χ2v) is 6.03. The minimum atomic E-state index is -0.622. The van der Waals surface area contributed by atoms with Crippen molar-refractivity contribution < 1.29 is 19.1 Å². The van der Waals surface area contributed by atoms with E-state index in [4.69, 9.17) is 14.7 Å². The van der Waals surface area contributed by atoms with Gasteiger partial charge >= 0.3 is 5.97 Å². The summed E-state index contributed by atoms with van der Waals surface area (Å²) in [7, 11) is 0. The van der Waals surface area contributed by atoms with E-state index in [1.807, 2.05) is 37.3 Å². The topological polar surface area (TPSA) is 79.6 Å². The van der Waals surface area contributed by atoms with Crippen LogP contribution in [0.2, 0.25) is 0 Å². The van der Waals surface area contributed by atoms with Gasteiger partial charge in [0.05, 0.1) is 11.6 Å². The summed E-state index contributed by atoms with van der Waals surface area (Å²) in [6, 6.07) is 16.1. The summed E-state index contributed by atoms with van der Waals surface area (Å²) in [6.45, 7) is 1.34. The second-order valence-electron chi connectivity index (χ2n) is 6.03. The van der Waals surface area contributed by atoms with E-state index in [2.05, 4.69) is 0 Å². The Labute approximate surface area is 151 Å². The second kappa shape index (κ2) is 7.70. The Bertz CT molecular complexity index is 855. The third-order valence-corrected chi connectivity index (χ3v) is 4.17. The van der Waals surface area contributed by atoms with Crippen LogP contribution in [-0.2, 0) is 20.7 Å². The van der Waals surface area contributed by atoms with Crippen LogP contribution in [0.4, 0.5) is 5.69 Å². The maximum absolute atomic E-state index is 12.4. The predicted molar refractivity (Wildman–Crippen MR) is 94.7 cm³/mol. The number of rotatable bonds is 5. The molecular formula is C20H18N2O4. The molecule has 0 aliphatic carbocycles. The number of para-hydroxylation sites is 1. The molecule has 0 N–H and O–H groups in total. The molecule has 0 fully saturated rings. The Morgan fingerprint density at radius 3 is 2.62 bits per heavy atom. The van der Waals surface area contributed by atoms with Crippen molar-refractivity contribution in [3.05, 3.63) is 59.7 Å². The Balaban J connectivity index is 1.50. The third-order valence-electron chi connectivity index (χ3n) is 4.17. The Morgan fingerprint density at radius 2 is 1.88 bits per heavy atom. The van der Waals surface area contributed by atoms with Crippen LogP contribution in [0.1, 0.15) is 18.1 Å². The molecule has 6 heteroatoms. The van der Waals surface area contributed by atoms with Gasteiger partial charge in [0.1, 0.15) is 5.75 Å². The van der Waals surface area contributed by atoms with Gasteiger partial charge in [0.25, 0.3) is 5.91 Å². The van der Waals surface area contributed by atoms with E-state index in [0.29, 0.717) is 11.3 Å². The highest BCUT2D eigenvalue weighted by molar-refractivity contribution is 5.97. The van der Waals surface area contributed by atoms with E-state index in [1.54, 1.807) is 29.2 Å². The van der Waals surface area contributed by atoms with Crippen molar-refractivity contribution in [3.63, 3.8) is 0 Å². The highest BCUT2D eigenvalue weighted by Crippen LogP contribution is 2.31. The molecular weight excluding hydrogens is 332 g/mol. The fourth-order valence-electron chi connectivity index (χ4n) is 2.97. The number of hydrogen-bond donors (Lipinski definition) is 0.